The minimum atomic E-state index is -5.00. The molecule has 1 aromatic carbocycles. The van der Waals surface area contributed by atoms with Gasteiger partial charge in [-0.05, 0) is 48.7 Å². The Kier molecular flexibility index (Phi) is 14.4. The van der Waals surface area contributed by atoms with Crippen molar-refractivity contribution in [3.63, 3.8) is 0 Å². The van der Waals surface area contributed by atoms with Gasteiger partial charge in [-0.15, -0.1) is 0 Å². The number of carbonyl (C=O) groups excluding carboxylic acids is 2. The first-order valence-electron chi connectivity index (χ1n) is 12.2. The topological polar surface area (TPSA) is 37.4 Å². The molecule has 3 nitrogen and oxygen atoms in total. The summed E-state index contributed by atoms with van der Waals surface area (Å²) in [6, 6.07) is 5.13. The van der Waals surface area contributed by atoms with Crippen LogP contribution in [0, 0.1) is 0 Å². The van der Waals surface area contributed by atoms with Gasteiger partial charge in [0.2, 0.25) is 0 Å². The standard InChI is InChI=1S/C25H34ClF6NO2/c26-22(34)20-14-16-21(17-15-20)33(23(35)25(30,31)32)19-13-11-9-7-5-3-1-2-4-6-8-10-12-18-24(27,28)29/h14-17H,1-13,18-19H2. The van der Waals surface area contributed by atoms with Gasteiger partial charge < -0.3 is 4.90 Å². The molecule has 0 aliphatic carbocycles. The number of carbonyl (C=O) groups is 2. The predicted octanol–water partition coefficient (Wildman–Crippen LogP) is 8.98. The fourth-order valence-electron chi connectivity index (χ4n) is 3.81. The second-order valence-electron chi connectivity index (χ2n) is 8.74. The van der Waals surface area contributed by atoms with Crippen molar-refractivity contribution < 1.29 is 35.9 Å². The lowest BCUT2D eigenvalue weighted by molar-refractivity contribution is -0.170. The van der Waals surface area contributed by atoms with Gasteiger partial charge in [0, 0.05) is 24.2 Å². The highest BCUT2D eigenvalue weighted by molar-refractivity contribution is 6.67. The summed E-state index contributed by atoms with van der Waals surface area (Å²) < 4.78 is 75.2. The molecule has 0 heterocycles. The lowest BCUT2D eigenvalue weighted by atomic mass is 10.0. The van der Waals surface area contributed by atoms with E-state index in [-0.39, 0.29) is 24.2 Å². The highest BCUT2D eigenvalue weighted by Crippen LogP contribution is 2.26. The number of amides is 1. The van der Waals surface area contributed by atoms with Crippen molar-refractivity contribution in [1.82, 2.24) is 0 Å². The van der Waals surface area contributed by atoms with Crippen LogP contribution in [0.25, 0.3) is 0 Å². The lowest BCUT2D eigenvalue weighted by Gasteiger charge is -2.24. The number of benzene rings is 1. The molecule has 0 spiro atoms. The van der Waals surface area contributed by atoms with Crippen LogP contribution in [0.2, 0.25) is 0 Å². The first-order chi connectivity index (χ1) is 16.4. The van der Waals surface area contributed by atoms with Crippen LogP contribution in [0.5, 0.6) is 0 Å². The maximum atomic E-state index is 13.0. The molecule has 0 N–H and O–H groups in total. The van der Waals surface area contributed by atoms with E-state index in [0.29, 0.717) is 24.2 Å². The molecule has 0 radical (unpaired) electrons. The molecule has 1 rings (SSSR count). The largest absolute Gasteiger partial charge is 0.471 e. The average Bonchev–Trinajstić information content (AvgIpc) is 2.77. The number of unbranched alkanes of at least 4 members (excludes halogenated alkanes) is 12. The number of alkyl halides is 6. The molecule has 0 unspecified atom stereocenters. The van der Waals surface area contributed by atoms with Crippen LogP contribution < -0.4 is 4.90 Å². The van der Waals surface area contributed by atoms with Gasteiger partial charge >= 0.3 is 18.3 Å². The zero-order chi connectivity index (χ0) is 26.3. The molecular formula is C25H34ClF6NO2. The van der Waals surface area contributed by atoms with E-state index >= 15 is 0 Å². The molecule has 35 heavy (non-hydrogen) atoms. The summed E-state index contributed by atoms with van der Waals surface area (Å²) >= 11 is 5.35. The molecule has 0 saturated carbocycles. The van der Waals surface area contributed by atoms with Crippen molar-refractivity contribution in [3.8, 4) is 0 Å². The first-order valence-corrected chi connectivity index (χ1v) is 12.5. The fraction of sp³-hybridized carbons (Fsp3) is 0.680. The first kappa shape index (κ1) is 31.3. The van der Waals surface area contributed by atoms with E-state index in [2.05, 4.69) is 0 Å². The minimum Gasteiger partial charge on any atom is -0.305 e. The normalized spacial score (nSPS) is 12.1. The maximum absolute atomic E-state index is 13.0. The third-order valence-corrected chi connectivity index (χ3v) is 5.95. The van der Waals surface area contributed by atoms with Gasteiger partial charge in [0.1, 0.15) is 0 Å². The van der Waals surface area contributed by atoms with Crippen LogP contribution in [0.1, 0.15) is 100 Å². The van der Waals surface area contributed by atoms with Gasteiger partial charge in [-0.3, -0.25) is 9.59 Å². The molecule has 1 aromatic rings. The smallest absolute Gasteiger partial charge is 0.305 e. The number of halogens is 7. The Balaban J connectivity index is 2.19. The molecule has 200 valence electrons. The molecule has 0 atom stereocenters. The number of hydrogen-bond donors (Lipinski definition) is 0. The van der Waals surface area contributed by atoms with Crippen LogP contribution in [-0.2, 0) is 4.79 Å². The second-order valence-corrected chi connectivity index (χ2v) is 9.08. The Morgan fingerprint density at radius 3 is 1.43 bits per heavy atom. The Labute approximate surface area is 208 Å². The zero-order valence-corrected chi connectivity index (χ0v) is 20.6. The Morgan fingerprint density at radius 2 is 1.06 bits per heavy atom. The summed E-state index contributed by atoms with van der Waals surface area (Å²) in [5, 5.41) is -0.731. The molecule has 0 saturated heterocycles. The number of anilines is 1. The molecule has 0 aromatic heterocycles. The van der Waals surface area contributed by atoms with Gasteiger partial charge in [-0.25, -0.2) is 0 Å². The fourth-order valence-corrected chi connectivity index (χ4v) is 3.94. The number of hydrogen-bond acceptors (Lipinski definition) is 2. The maximum Gasteiger partial charge on any atom is 0.471 e. The van der Waals surface area contributed by atoms with E-state index in [1.165, 1.54) is 24.3 Å². The molecule has 1 amide bonds. The van der Waals surface area contributed by atoms with Crippen molar-refractivity contribution in [2.75, 3.05) is 11.4 Å². The highest BCUT2D eigenvalue weighted by Gasteiger charge is 2.42. The Hall–Kier alpha value is -1.77. The van der Waals surface area contributed by atoms with Crippen LogP contribution in [0.15, 0.2) is 24.3 Å². The third-order valence-electron chi connectivity index (χ3n) is 5.74. The Morgan fingerprint density at radius 1 is 0.657 bits per heavy atom. The summed E-state index contributed by atoms with van der Waals surface area (Å²) in [5.74, 6) is -1.94. The summed E-state index contributed by atoms with van der Waals surface area (Å²) in [4.78, 5) is 23.7. The van der Waals surface area contributed by atoms with E-state index < -0.39 is 29.9 Å². The summed E-state index contributed by atoms with van der Waals surface area (Å²) in [7, 11) is 0. The average molecular weight is 530 g/mol. The number of rotatable bonds is 17. The molecule has 0 fully saturated rings. The number of nitrogens with zero attached hydrogens (tertiary/aromatic N) is 1. The van der Waals surface area contributed by atoms with Crippen molar-refractivity contribution in [2.24, 2.45) is 0 Å². The van der Waals surface area contributed by atoms with Gasteiger partial charge in [0.15, 0.2) is 0 Å². The van der Waals surface area contributed by atoms with Crippen molar-refractivity contribution in [3.05, 3.63) is 29.8 Å². The SMILES string of the molecule is O=C(Cl)c1ccc(N(CCCCCCCCCCCCCCCC(F)(F)F)C(=O)C(F)(F)F)cc1. The van der Waals surface area contributed by atoms with Crippen molar-refractivity contribution >= 4 is 28.4 Å². The van der Waals surface area contributed by atoms with Gasteiger partial charge in [0.25, 0.3) is 5.24 Å². The van der Waals surface area contributed by atoms with Crippen LogP contribution in [0.4, 0.5) is 32.0 Å². The molecular weight excluding hydrogens is 496 g/mol. The quantitative estimate of drug-likeness (QED) is 0.115. The third kappa shape index (κ3) is 14.4. The van der Waals surface area contributed by atoms with E-state index in [9.17, 15) is 35.9 Å². The Bertz CT molecular complexity index is 750. The molecule has 10 heteroatoms. The van der Waals surface area contributed by atoms with E-state index in [1.807, 2.05) is 0 Å². The predicted molar refractivity (Wildman–Crippen MR) is 126 cm³/mol. The monoisotopic (exact) mass is 529 g/mol. The molecule has 0 aliphatic rings. The van der Waals surface area contributed by atoms with E-state index in [4.69, 9.17) is 11.6 Å². The zero-order valence-electron chi connectivity index (χ0n) is 19.8. The highest BCUT2D eigenvalue weighted by atomic mass is 35.5. The summed E-state index contributed by atoms with van der Waals surface area (Å²) in [6.07, 6.45) is 0.994. The van der Waals surface area contributed by atoms with Gasteiger partial charge in [0.05, 0.1) is 0 Å². The summed E-state index contributed by atoms with van der Waals surface area (Å²) in [5.41, 5.74) is 0.199. The molecule has 0 aliphatic heterocycles. The van der Waals surface area contributed by atoms with Crippen LogP contribution in [0.3, 0.4) is 0 Å². The van der Waals surface area contributed by atoms with Crippen LogP contribution >= 0.6 is 11.6 Å². The summed E-state index contributed by atoms with van der Waals surface area (Å²) in [6.45, 7) is -0.0739. The van der Waals surface area contributed by atoms with Gasteiger partial charge in [-0.1, -0.05) is 70.6 Å². The molecule has 0 bridgehead atoms. The van der Waals surface area contributed by atoms with Gasteiger partial charge in [-0.2, -0.15) is 26.3 Å². The van der Waals surface area contributed by atoms with Crippen molar-refractivity contribution in [1.29, 1.82) is 0 Å². The lowest BCUT2D eigenvalue weighted by Crippen LogP contribution is -2.41. The second kappa shape index (κ2) is 16.1. The minimum absolute atomic E-state index is 0.0642. The van der Waals surface area contributed by atoms with E-state index in [0.717, 1.165) is 57.8 Å². The van der Waals surface area contributed by atoms with Crippen molar-refractivity contribution in [2.45, 2.75) is 102 Å². The van der Waals surface area contributed by atoms with E-state index in [1.54, 1.807) is 0 Å². The van der Waals surface area contributed by atoms with Crippen LogP contribution in [-0.4, -0.2) is 30.0 Å².